The third kappa shape index (κ3) is 0.814. The van der Waals surface area contributed by atoms with Crippen LogP contribution in [0.3, 0.4) is 0 Å². The quantitative estimate of drug-likeness (QED) is 0.506. The lowest BCUT2D eigenvalue weighted by atomic mass is 10.3. The second kappa shape index (κ2) is 2.23. The Kier molecular flexibility index (Phi) is 1.68. The minimum absolute atomic E-state index is 0.0231. The number of hydrogen-bond acceptors (Lipinski definition) is 2. The molecule has 1 atom stereocenters. The monoisotopic (exact) mass is 144 g/mol. The van der Waals surface area contributed by atoms with E-state index in [0.717, 1.165) is 5.70 Å². The number of rotatable bonds is 0. The minimum atomic E-state index is -0.0926. The molecule has 0 aromatic carbocycles. The fraction of sp³-hybridized carbons (Fsp3) is 0.714. The van der Waals surface area contributed by atoms with Crippen molar-refractivity contribution in [2.24, 2.45) is 0 Å². The Labute approximate surface area is 60.9 Å². The molecule has 1 heterocycles. The van der Waals surface area contributed by atoms with Crippen molar-refractivity contribution in [3.05, 3.63) is 11.5 Å². The molecule has 58 valence electrons. The van der Waals surface area contributed by atoms with Crippen LogP contribution in [0.2, 0.25) is 0 Å². The van der Waals surface area contributed by atoms with Crippen molar-refractivity contribution in [2.45, 2.75) is 19.9 Å². The number of nitrogens with zero attached hydrogens (tertiary/aromatic N) is 2. The highest BCUT2D eigenvalue weighted by atomic mass is 19.1. The number of hydrogen-bond donors (Lipinski definition) is 0. The molecule has 0 aromatic heterocycles. The van der Waals surface area contributed by atoms with Gasteiger partial charge in [0, 0.05) is 14.1 Å². The van der Waals surface area contributed by atoms with Crippen LogP contribution in [0.4, 0.5) is 4.39 Å². The van der Waals surface area contributed by atoms with Gasteiger partial charge in [0.2, 0.25) is 0 Å². The molecule has 0 saturated heterocycles. The molecule has 10 heavy (non-hydrogen) atoms. The molecule has 0 N–H and O–H groups in total. The van der Waals surface area contributed by atoms with Gasteiger partial charge in [0.05, 0.1) is 11.7 Å². The van der Waals surface area contributed by atoms with E-state index in [2.05, 4.69) is 0 Å². The summed E-state index contributed by atoms with van der Waals surface area (Å²) >= 11 is 0. The molecular weight excluding hydrogens is 131 g/mol. The van der Waals surface area contributed by atoms with Crippen molar-refractivity contribution < 1.29 is 4.39 Å². The smallest absolute Gasteiger partial charge is 0.139 e. The molecule has 0 spiro atoms. The average molecular weight is 144 g/mol. The van der Waals surface area contributed by atoms with Crippen LogP contribution in [0.15, 0.2) is 11.5 Å². The van der Waals surface area contributed by atoms with E-state index in [-0.39, 0.29) is 11.9 Å². The van der Waals surface area contributed by atoms with Gasteiger partial charge in [-0.2, -0.15) is 0 Å². The molecule has 0 aliphatic carbocycles. The van der Waals surface area contributed by atoms with E-state index in [1.54, 1.807) is 6.92 Å². The fourth-order valence-corrected chi connectivity index (χ4v) is 1.12. The second-order valence-electron chi connectivity index (χ2n) is 2.71. The van der Waals surface area contributed by atoms with Crippen LogP contribution in [0.5, 0.6) is 0 Å². The van der Waals surface area contributed by atoms with E-state index in [1.807, 2.05) is 31.0 Å². The molecule has 3 heteroatoms. The Morgan fingerprint density at radius 3 is 2.00 bits per heavy atom. The van der Waals surface area contributed by atoms with Crippen LogP contribution < -0.4 is 0 Å². The van der Waals surface area contributed by atoms with Crippen LogP contribution in [0.1, 0.15) is 13.8 Å². The maximum absolute atomic E-state index is 13.0. The molecule has 1 unspecified atom stereocenters. The molecule has 0 amide bonds. The molecule has 0 saturated carbocycles. The highest BCUT2D eigenvalue weighted by Gasteiger charge is 2.28. The maximum atomic E-state index is 13.0. The van der Waals surface area contributed by atoms with Crippen molar-refractivity contribution in [1.82, 2.24) is 10.0 Å². The predicted molar refractivity (Wildman–Crippen MR) is 38.8 cm³/mol. The third-order valence-corrected chi connectivity index (χ3v) is 2.23. The Hall–Kier alpha value is -0.570. The van der Waals surface area contributed by atoms with Gasteiger partial charge in [0.25, 0.3) is 0 Å². The Bertz CT molecular complexity index is 158. The standard InChI is InChI=1S/C7H13FN2/c1-5-7(8)6(2)10(4)9(5)3/h5H,1-4H3. The lowest BCUT2D eigenvalue weighted by Crippen LogP contribution is -2.34. The lowest BCUT2D eigenvalue weighted by molar-refractivity contribution is 0.0654. The Morgan fingerprint density at radius 2 is 1.90 bits per heavy atom. The second-order valence-corrected chi connectivity index (χ2v) is 2.71. The van der Waals surface area contributed by atoms with E-state index in [0.29, 0.717) is 0 Å². The Balaban J connectivity index is 2.88. The largest absolute Gasteiger partial charge is 0.310 e. The van der Waals surface area contributed by atoms with Gasteiger partial charge in [-0.05, 0) is 13.8 Å². The van der Waals surface area contributed by atoms with Gasteiger partial charge in [-0.1, -0.05) is 0 Å². The van der Waals surface area contributed by atoms with Gasteiger partial charge < -0.3 is 5.01 Å². The molecule has 0 bridgehead atoms. The van der Waals surface area contributed by atoms with Gasteiger partial charge in [-0.3, -0.25) is 0 Å². The first-order chi connectivity index (χ1) is 4.55. The molecule has 0 radical (unpaired) electrons. The first-order valence-corrected chi connectivity index (χ1v) is 3.38. The molecule has 0 fully saturated rings. The normalized spacial score (nSPS) is 28.5. The van der Waals surface area contributed by atoms with E-state index in [1.165, 1.54) is 0 Å². The average Bonchev–Trinajstić information content (AvgIpc) is 2.07. The first-order valence-electron chi connectivity index (χ1n) is 3.38. The summed E-state index contributed by atoms with van der Waals surface area (Å²) in [7, 11) is 3.74. The topological polar surface area (TPSA) is 6.48 Å². The van der Waals surface area contributed by atoms with Crippen molar-refractivity contribution in [1.29, 1.82) is 0 Å². The van der Waals surface area contributed by atoms with Crippen LogP contribution in [-0.4, -0.2) is 30.2 Å². The van der Waals surface area contributed by atoms with E-state index < -0.39 is 0 Å². The number of halogens is 1. The van der Waals surface area contributed by atoms with Gasteiger partial charge in [-0.25, -0.2) is 9.40 Å². The summed E-state index contributed by atoms with van der Waals surface area (Å²) in [5.74, 6) is -0.0231. The third-order valence-electron chi connectivity index (χ3n) is 2.23. The number of likely N-dealkylation sites (N-methyl/N-ethyl adjacent to an activating group) is 1. The highest BCUT2D eigenvalue weighted by Crippen LogP contribution is 2.26. The number of hydrazine groups is 1. The number of allylic oxidation sites excluding steroid dienone is 1. The fourth-order valence-electron chi connectivity index (χ4n) is 1.12. The maximum Gasteiger partial charge on any atom is 0.139 e. The zero-order chi connectivity index (χ0) is 7.89. The van der Waals surface area contributed by atoms with Crippen LogP contribution >= 0.6 is 0 Å². The lowest BCUT2D eigenvalue weighted by Gasteiger charge is -2.25. The van der Waals surface area contributed by atoms with Crippen LogP contribution in [-0.2, 0) is 0 Å². The summed E-state index contributed by atoms with van der Waals surface area (Å²) in [5, 5.41) is 3.69. The van der Waals surface area contributed by atoms with Crippen molar-refractivity contribution >= 4 is 0 Å². The zero-order valence-corrected chi connectivity index (χ0v) is 6.85. The van der Waals surface area contributed by atoms with Gasteiger partial charge in [-0.15, -0.1) is 0 Å². The summed E-state index contributed by atoms with van der Waals surface area (Å²) in [4.78, 5) is 0. The van der Waals surface area contributed by atoms with Gasteiger partial charge in [0.1, 0.15) is 5.83 Å². The molecule has 1 aliphatic heterocycles. The van der Waals surface area contributed by atoms with E-state index in [9.17, 15) is 4.39 Å². The summed E-state index contributed by atoms with van der Waals surface area (Å²) in [6.07, 6.45) is 0. The van der Waals surface area contributed by atoms with Gasteiger partial charge >= 0.3 is 0 Å². The van der Waals surface area contributed by atoms with E-state index >= 15 is 0 Å². The van der Waals surface area contributed by atoms with Gasteiger partial charge in [0.15, 0.2) is 0 Å². The SMILES string of the molecule is CC1=C(F)C(C)N(C)N1C. The summed E-state index contributed by atoms with van der Waals surface area (Å²) < 4.78 is 13.0. The molecule has 0 aromatic rings. The Morgan fingerprint density at radius 1 is 1.40 bits per heavy atom. The van der Waals surface area contributed by atoms with E-state index in [4.69, 9.17) is 0 Å². The van der Waals surface area contributed by atoms with Crippen molar-refractivity contribution in [2.75, 3.05) is 14.1 Å². The van der Waals surface area contributed by atoms with Crippen LogP contribution in [0, 0.1) is 0 Å². The van der Waals surface area contributed by atoms with Crippen molar-refractivity contribution in [3.8, 4) is 0 Å². The summed E-state index contributed by atoms with van der Waals surface area (Å²) in [5.41, 5.74) is 0.718. The minimum Gasteiger partial charge on any atom is -0.310 e. The molecule has 2 nitrogen and oxygen atoms in total. The molecule has 1 rings (SSSR count). The summed E-state index contributed by atoms with van der Waals surface area (Å²) in [6, 6.07) is -0.0926. The predicted octanol–water partition coefficient (Wildman–Crippen LogP) is 1.37. The molecular formula is C7H13FN2. The highest BCUT2D eigenvalue weighted by molar-refractivity contribution is 5.14. The summed E-state index contributed by atoms with van der Waals surface area (Å²) in [6.45, 7) is 3.64. The van der Waals surface area contributed by atoms with Crippen molar-refractivity contribution in [3.63, 3.8) is 0 Å². The molecule has 1 aliphatic rings. The zero-order valence-electron chi connectivity index (χ0n) is 6.85. The first kappa shape index (κ1) is 7.54. The van der Waals surface area contributed by atoms with Crippen LogP contribution in [0.25, 0.3) is 0 Å².